The summed E-state index contributed by atoms with van der Waals surface area (Å²) in [4.78, 5) is 9.05. The summed E-state index contributed by atoms with van der Waals surface area (Å²) in [6.07, 6.45) is 0.173. The first kappa shape index (κ1) is 15.1. The standard InChI is InChI=1S/C15H13BrF3N3O/c16-11-9(17)3-8-13(12(11)18)20-15(19)21-14(8)22-4-6-1-7(5-22)10(23)2-6/h3,6-7,10,23H,1-2,4-5H2. The Morgan fingerprint density at radius 1 is 1.17 bits per heavy atom. The van der Waals surface area contributed by atoms with Crippen LogP contribution in [0.25, 0.3) is 10.9 Å². The molecular formula is C15H13BrF3N3O. The second kappa shape index (κ2) is 5.31. The number of benzene rings is 1. The predicted octanol–water partition coefficient (Wildman–Crippen LogP) is 3.02. The minimum absolute atomic E-state index is 0.0759. The van der Waals surface area contributed by atoms with E-state index in [-0.39, 0.29) is 39.1 Å². The molecule has 1 aliphatic carbocycles. The summed E-state index contributed by atoms with van der Waals surface area (Å²) in [5, 5.41) is 10.1. The van der Waals surface area contributed by atoms with Crippen LogP contribution in [0.15, 0.2) is 10.5 Å². The highest BCUT2D eigenvalue weighted by molar-refractivity contribution is 9.10. The fourth-order valence-electron chi connectivity index (χ4n) is 3.77. The maximum atomic E-state index is 14.2. The first-order valence-corrected chi connectivity index (χ1v) is 8.17. The molecule has 3 unspecified atom stereocenters. The average Bonchev–Trinajstić information content (AvgIpc) is 2.77. The van der Waals surface area contributed by atoms with E-state index in [1.54, 1.807) is 4.90 Å². The maximum Gasteiger partial charge on any atom is 0.311 e. The highest BCUT2D eigenvalue weighted by Gasteiger charge is 2.40. The molecule has 1 aromatic carbocycles. The zero-order valence-electron chi connectivity index (χ0n) is 11.9. The number of hydrogen-bond donors (Lipinski definition) is 1. The van der Waals surface area contributed by atoms with E-state index in [9.17, 15) is 18.3 Å². The zero-order chi connectivity index (χ0) is 16.3. The van der Waals surface area contributed by atoms with Gasteiger partial charge in [-0.1, -0.05) is 0 Å². The van der Waals surface area contributed by atoms with Crippen LogP contribution in [0.2, 0.25) is 0 Å². The van der Waals surface area contributed by atoms with Gasteiger partial charge in [-0.15, -0.1) is 0 Å². The van der Waals surface area contributed by atoms with Crippen molar-refractivity contribution in [2.24, 2.45) is 11.8 Å². The van der Waals surface area contributed by atoms with Crippen LogP contribution in [0.4, 0.5) is 19.0 Å². The Labute approximate surface area is 138 Å². The van der Waals surface area contributed by atoms with Gasteiger partial charge in [-0.3, -0.25) is 0 Å². The third kappa shape index (κ3) is 2.39. The predicted molar refractivity (Wildman–Crippen MR) is 81.5 cm³/mol. The van der Waals surface area contributed by atoms with Gasteiger partial charge < -0.3 is 10.0 Å². The van der Waals surface area contributed by atoms with Gasteiger partial charge in [0.1, 0.15) is 17.2 Å². The smallest absolute Gasteiger partial charge is 0.311 e. The fraction of sp³-hybridized carbons (Fsp3) is 0.467. The molecule has 1 saturated heterocycles. The number of piperidine rings is 1. The van der Waals surface area contributed by atoms with Crippen LogP contribution in [-0.4, -0.2) is 34.3 Å². The SMILES string of the molecule is OC1CC2CC1CN(c1nc(F)nc3c(F)c(Br)c(F)cc13)C2. The molecule has 1 aliphatic heterocycles. The lowest BCUT2D eigenvalue weighted by molar-refractivity contribution is 0.137. The monoisotopic (exact) mass is 387 g/mol. The molecule has 23 heavy (non-hydrogen) atoms. The number of anilines is 1. The van der Waals surface area contributed by atoms with Crippen molar-refractivity contribution in [1.82, 2.24) is 9.97 Å². The number of aliphatic hydroxyl groups is 1. The van der Waals surface area contributed by atoms with Crippen LogP contribution < -0.4 is 4.90 Å². The van der Waals surface area contributed by atoms with Crippen LogP contribution in [0.3, 0.4) is 0 Å². The fourth-order valence-corrected chi connectivity index (χ4v) is 4.08. The number of halogens is 4. The summed E-state index contributed by atoms with van der Waals surface area (Å²) in [5.41, 5.74) is -0.251. The first-order valence-electron chi connectivity index (χ1n) is 7.37. The second-order valence-electron chi connectivity index (χ2n) is 6.27. The summed E-state index contributed by atoms with van der Waals surface area (Å²) in [6, 6.07) is 1.12. The van der Waals surface area contributed by atoms with Gasteiger partial charge >= 0.3 is 6.08 Å². The number of nitrogens with zero attached hydrogens (tertiary/aromatic N) is 3. The molecule has 8 heteroatoms. The molecule has 2 bridgehead atoms. The van der Waals surface area contributed by atoms with Gasteiger partial charge in [0, 0.05) is 24.4 Å². The molecule has 2 aliphatic rings. The van der Waals surface area contributed by atoms with Crippen LogP contribution in [-0.2, 0) is 0 Å². The van der Waals surface area contributed by atoms with Crippen molar-refractivity contribution in [2.45, 2.75) is 18.9 Å². The summed E-state index contributed by atoms with van der Waals surface area (Å²) in [5.74, 6) is -1.19. The van der Waals surface area contributed by atoms with E-state index in [4.69, 9.17) is 0 Å². The molecule has 4 nitrogen and oxygen atoms in total. The highest BCUT2D eigenvalue weighted by Crippen LogP contribution is 2.40. The molecule has 1 saturated carbocycles. The van der Waals surface area contributed by atoms with E-state index in [2.05, 4.69) is 25.9 Å². The normalized spacial score (nSPS) is 27.0. The number of aliphatic hydroxyl groups excluding tert-OH is 1. The summed E-state index contributed by atoms with van der Waals surface area (Å²) in [7, 11) is 0. The van der Waals surface area contributed by atoms with Crippen LogP contribution in [0, 0.1) is 29.5 Å². The molecule has 2 heterocycles. The molecule has 1 N–H and O–H groups in total. The minimum Gasteiger partial charge on any atom is -0.393 e. The van der Waals surface area contributed by atoms with E-state index in [1.807, 2.05) is 0 Å². The third-order valence-corrected chi connectivity index (χ3v) is 5.49. The molecular weight excluding hydrogens is 375 g/mol. The molecule has 122 valence electrons. The Morgan fingerprint density at radius 2 is 1.96 bits per heavy atom. The molecule has 2 aromatic rings. The van der Waals surface area contributed by atoms with Gasteiger partial charge in [0.05, 0.1) is 10.6 Å². The van der Waals surface area contributed by atoms with E-state index in [0.29, 0.717) is 19.5 Å². The zero-order valence-corrected chi connectivity index (χ0v) is 13.5. The number of rotatable bonds is 1. The minimum atomic E-state index is -1.05. The van der Waals surface area contributed by atoms with Gasteiger partial charge in [0.25, 0.3) is 0 Å². The molecule has 0 radical (unpaired) electrons. The molecule has 3 atom stereocenters. The molecule has 0 amide bonds. The lowest BCUT2D eigenvalue weighted by Gasteiger charge is -2.33. The van der Waals surface area contributed by atoms with Crippen molar-refractivity contribution in [1.29, 1.82) is 0 Å². The Kier molecular flexibility index (Phi) is 3.49. The quantitative estimate of drug-likeness (QED) is 0.603. The van der Waals surface area contributed by atoms with Gasteiger partial charge in [-0.25, -0.2) is 8.78 Å². The van der Waals surface area contributed by atoms with Crippen molar-refractivity contribution in [3.63, 3.8) is 0 Å². The van der Waals surface area contributed by atoms with Crippen molar-refractivity contribution in [2.75, 3.05) is 18.0 Å². The van der Waals surface area contributed by atoms with Crippen molar-refractivity contribution in [3.05, 3.63) is 28.3 Å². The molecule has 4 rings (SSSR count). The Balaban J connectivity index is 1.87. The lowest BCUT2D eigenvalue weighted by Crippen LogP contribution is -2.38. The van der Waals surface area contributed by atoms with E-state index >= 15 is 0 Å². The summed E-state index contributed by atoms with van der Waals surface area (Å²) >= 11 is 2.80. The van der Waals surface area contributed by atoms with Gasteiger partial charge in [0.2, 0.25) is 0 Å². The van der Waals surface area contributed by atoms with E-state index in [1.165, 1.54) is 0 Å². The maximum absolute atomic E-state index is 14.2. The van der Waals surface area contributed by atoms with Gasteiger partial charge in [-0.05, 0) is 40.8 Å². The first-order chi connectivity index (χ1) is 10.9. The largest absolute Gasteiger partial charge is 0.393 e. The molecule has 2 fully saturated rings. The number of hydrogen-bond acceptors (Lipinski definition) is 4. The number of aromatic nitrogens is 2. The Bertz CT molecular complexity index is 801. The molecule has 1 aromatic heterocycles. The lowest BCUT2D eigenvalue weighted by atomic mass is 9.98. The summed E-state index contributed by atoms with van der Waals surface area (Å²) < 4.78 is 41.5. The Morgan fingerprint density at radius 3 is 2.70 bits per heavy atom. The topological polar surface area (TPSA) is 49.2 Å². The van der Waals surface area contributed by atoms with Crippen LogP contribution in [0.5, 0.6) is 0 Å². The van der Waals surface area contributed by atoms with Crippen molar-refractivity contribution < 1.29 is 18.3 Å². The van der Waals surface area contributed by atoms with Crippen molar-refractivity contribution in [3.8, 4) is 0 Å². The van der Waals surface area contributed by atoms with Gasteiger partial charge in [0.15, 0.2) is 5.82 Å². The van der Waals surface area contributed by atoms with Crippen LogP contribution >= 0.6 is 15.9 Å². The van der Waals surface area contributed by atoms with Crippen LogP contribution in [0.1, 0.15) is 12.8 Å². The number of fused-ring (bicyclic) bond motifs is 3. The molecule has 0 spiro atoms. The second-order valence-corrected chi connectivity index (χ2v) is 7.06. The third-order valence-electron chi connectivity index (χ3n) is 4.77. The average molecular weight is 388 g/mol. The van der Waals surface area contributed by atoms with Gasteiger partial charge in [-0.2, -0.15) is 14.4 Å². The van der Waals surface area contributed by atoms with E-state index in [0.717, 1.165) is 12.5 Å². The Hall–Kier alpha value is -1.41. The highest BCUT2D eigenvalue weighted by atomic mass is 79.9. The van der Waals surface area contributed by atoms with E-state index < -0.39 is 17.7 Å². The van der Waals surface area contributed by atoms with Crippen molar-refractivity contribution >= 4 is 32.7 Å². The summed E-state index contributed by atoms with van der Waals surface area (Å²) in [6.45, 7) is 1.07.